The van der Waals surface area contributed by atoms with E-state index in [2.05, 4.69) is 5.32 Å². The molecule has 3 heterocycles. The van der Waals surface area contributed by atoms with Gasteiger partial charge < -0.3 is 10.1 Å². The molecular weight excluding hydrogens is 330 g/mol. The molecule has 2 saturated heterocycles. The average molecular weight is 351 g/mol. The summed E-state index contributed by atoms with van der Waals surface area (Å²) >= 11 is 0. The fourth-order valence-electron chi connectivity index (χ4n) is 3.91. The molecule has 0 saturated carbocycles. The molecule has 8 heteroatoms. The minimum absolute atomic E-state index is 0.00730. The number of carbonyl (C=O) groups is 1. The molecule has 0 bridgehead atoms. The van der Waals surface area contributed by atoms with Crippen molar-refractivity contribution in [2.24, 2.45) is 0 Å². The van der Waals surface area contributed by atoms with Crippen molar-refractivity contribution in [3.05, 3.63) is 29.8 Å². The Kier molecular flexibility index (Phi) is 3.87. The van der Waals surface area contributed by atoms with Gasteiger partial charge >= 0.3 is 0 Å². The Balaban J connectivity index is 1.54. The normalized spacial score (nSPS) is 24.8. The first-order valence-corrected chi connectivity index (χ1v) is 9.68. The number of morpholine rings is 1. The second-order valence-corrected chi connectivity index (χ2v) is 8.43. The largest absolute Gasteiger partial charge is 0.379 e. The van der Waals surface area contributed by atoms with E-state index in [4.69, 9.17) is 4.74 Å². The summed E-state index contributed by atoms with van der Waals surface area (Å²) in [6.07, 6.45) is 1.03. The van der Waals surface area contributed by atoms with E-state index in [-0.39, 0.29) is 5.91 Å². The third-order valence-electron chi connectivity index (χ3n) is 5.32. The second kappa shape index (κ2) is 5.80. The van der Waals surface area contributed by atoms with Crippen LogP contribution < -0.4 is 5.32 Å². The number of para-hydroxylation sites is 1. The van der Waals surface area contributed by atoms with Crippen LogP contribution in [0, 0.1) is 0 Å². The molecule has 0 radical (unpaired) electrons. The number of hydrogen-bond donors (Lipinski definition) is 1. The van der Waals surface area contributed by atoms with Gasteiger partial charge in [0.2, 0.25) is 5.91 Å². The Labute approximate surface area is 141 Å². The number of ether oxygens (including phenoxy) is 1. The average Bonchev–Trinajstić information content (AvgIpc) is 2.88. The zero-order chi connectivity index (χ0) is 16.8. The van der Waals surface area contributed by atoms with Crippen LogP contribution in [0.15, 0.2) is 24.3 Å². The Morgan fingerprint density at radius 1 is 1.00 bits per heavy atom. The Hall–Kier alpha value is -1.48. The van der Waals surface area contributed by atoms with E-state index in [1.54, 1.807) is 0 Å². The molecule has 0 atom stereocenters. The van der Waals surface area contributed by atoms with Gasteiger partial charge in [0.1, 0.15) is 0 Å². The third-order valence-corrected chi connectivity index (χ3v) is 7.36. The monoisotopic (exact) mass is 351 g/mol. The molecule has 1 amide bonds. The fourth-order valence-corrected chi connectivity index (χ4v) is 5.49. The molecule has 1 spiro atoms. The van der Waals surface area contributed by atoms with Crippen LogP contribution in [0.2, 0.25) is 0 Å². The zero-order valence-electron chi connectivity index (χ0n) is 13.4. The van der Waals surface area contributed by atoms with E-state index in [0.29, 0.717) is 52.2 Å². The van der Waals surface area contributed by atoms with Crippen molar-refractivity contribution >= 4 is 21.8 Å². The molecule has 0 aromatic heterocycles. The topological polar surface area (TPSA) is 79.0 Å². The maximum atomic E-state index is 12.8. The minimum Gasteiger partial charge on any atom is -0.379 e. The van der Waals surface area contributed by atoms with Gasteiger partial charge in [-0.25, -0.2) is 0 Å². The summed E-state index contributed by atoms with van der Waals surface area (Å²) in [5, 5.41) is 2.94. The van der Waals surface area contributed by atoms with Gasteiger partial charge in [0.25, 0.3) is 10.2 Å². The Bertz CT molecular complexity index is 750. The highest BCUT2D eigenvalue weighted by Crippen LogP contribution is 2.45. The van der Waals surface area contributed by atoms with Crippen LogP contribution in [0.3, 0.4) is 0 Å². The number of nitrogens with zero attached hydrogens (tertiary/aromatic N) is 2. The lowest BCUT2D eigenvalue weighted by atomic mass is 9.74. The summed E-state index contributed by atoms with van der Waals surface area (Å²) in [5.74, 6) is -0.00730. The first-order chi connectivity index (χ1) is 11.5. The lowest BCUT2D eigenvalue weighted by molar-refractivity contribution is -0.122. The number of hydrogen-bond acceptors (Lipinski definition) is 4. The van der Waals surface area contributed by atoms with E-state index in [1.165, 1.54) is 8.61 Å². The highest BCUT2D eigenvalue weighted by Gasteiger charge is 2.50. The quantitative estimate of drug-likeness (QED) is 0.844. The zero-order valence-corrected chi connectivity index (χ0v) is 14.2. The minimum atomic E-state index is -3.47. The summed E-state index contributed by atoms with van der Waals surface area (Å²) in [4.78, 5) is 12.6. The van der Waals surface area contributed by atoms with Crippen molar-refractivity contribution in [3.63, 3.8) is 0 Å². The number of anilines is 1. The molecule has 3 aliphatic rings. The van der Waals surface area contributed by atoms with E-state index in [1.807, 2.05) is 24.3 Å². The van der Waals surface area contributed by atoms with Gasteiger partial charge in [0.05, 0.1) is 18.6 Å². The molecule has 1 N–H and O–H groups in total. The highest BCUT2D eigenvalue weighted by molar-refractivity contribution is 7.86. The maximum absolute atomic E-state index is 12.8. The van der Waals surface area contributed by atoms with Crippen molar-refractivity contribution < 1.29 is 17.9 Å². The molecule has 4 rings (SSSR count). The summed E-state index contributed by atoms with van der Waals surface area (Å²) in [6.45, 7) is 2.39. The van der Waals surface area contributed by atoms with Gasteiger partial charge in [0.15, 0.2) is 0 Å². The van der Waals surface area contributed by atoms with Crippen LogP contribution in [-0.4, -0.2) is 62.3 Å². The Morgan fingerprint density at radius 2 is 1.62 bits per heavy atom. The number of rotatable bonds is 2. The summed E-state index contributed by atoms with van der Waals surface area (Å²) in [5.41, 5.74) is 1.26. The standard InChI is InChI=1S/C16H21N3O4S/c20-15-16(13-3-1-2-4-14(13)17-15)5-7-18(8-6-16)24(21,22)19-9-11-23-12-10-19/h1-4H,5-12H2,(H,17,20). The predicted octanol–water partition coefficient (Wildman–Crippen LogP) is 0.549. The van der Waals surface area contributed by atoms with Gasteiger partial charge in [-0.2, -0.15) is 17.0 Å². The lowest BCUT2D eigenvalue weighted by Gasteiger charge is -2.39. The molecule has 3 aliphatic heterocycles. The van der Waals surface area contributed by atoms with E-state index < -0.39 is 15.6 Å². The van der Waals surface area contributed by atoms with E-state index in [0.717, 1.165) is 11.3 Å². The number of carbonyl (C=O) groups excluding carboxylic acids is 1. The predicted molar refractivity (Wildman–Crippen MR) is 88.9 cm³/mol. The first-order valence-electron chi connectivity index (χ1n) is 8.28. The molecular formula is C16H21N3O4S. The van der Waals surface area contributed by atoms with Gasteiger partial charge in [-0.05, 0) is 24.5 Å². The van der Waals surface area contributed by atoms with Crippen molar-refractivity contribution in [3.8, 4) is 0 Å². The smallest absolute Gasteiger partial charge is 0.282 e. The van der Waals surface area contributed by atoms with Crippen molar-refractivity contribution in [1.82, 2.24) is 8.61 Å². The van der Waals surface area contributed by atoms with Crippen LogP contribution in [0.5, 0.6) is 0 Å². The number of fused-ring (bicyclic) bond motifs is 2. The second-order valence-electron chi connectivity index (χ2n) is 6.50. The summed E-state index contributed by atoms with van der Waals surface area (Å²) in [6, 6.07) is 7.70. The highest BCUT2D eigenvalue weighted by atomic mass is 32.2. The molecule has 1 aromatic rings. The van der Waals surface area contributed by atoms with Crippen LogP contribution in [0.1, 0.15) is 18.4 Å². The summed E-state index contributed by atoms with van der Waals surface area (Å²) in [7, 11) is -3.47. The van der Waals surface area contributed by atoms with Gasteiger partial charge in [-0.3, -0.25) is 4.79 Å². The van der Waals surface area contributed by atoms with E-state index in [9.17, 15) is 13.2 Å². The molecule has 0 aliphatic carbocycles. The number of nitrogens with one attached hydrogen (secondary N) is 1. The molecule has 7 nitrogen and oxygen atoms in total. The number of benzene rings is 1. The molecule has 130 valence electrons. The molecule has 2 fully saturated rings. The van der Waals surface area contributed by atoms with Crippen molar-refractivity contribution in [2.75, 3.05) is 44.7 Å². The van der Waals surface area contributed by atoms with Crippen molar-refractivity contribution in [1.29, 1.82) is 0 Å². The van der Waals surface area contributed by atoms with Gasteiger partial charge in [-0.1, -0.05) is 18.2 Å². The third kappa shape index (κ3) is 2.36. The van der Waals surface area contributed by atoms with Crippen LogP contribution in [0.4, 0.5) is 5.69 Å². The molecule has 1 aromatic carbocycles. The lowest BCUT2D eigenvalue weighted by Crippen LogP contribution is -2.54. The Morgan fingerprint density at radius 3 is 2.33 bits per heavy atom. The molecule has 24 heavy (non-hydrogen) atoms. The van der Waals surface area contributed by atoms with Gasteiger partial charge in [-0.15, -0.1) is 0 Å². The van der Waals surface area contributed by atoms with Crippen LogP contribution >= 0.6 is 0 Å². The fraction of sp³-hybridized carbons (Fsp3) is 0.562. The van der Waals surface area contributed by atoms with E-state index >= 15 is 0 Å². The maximum Gasteiger partial charge on any atom is 0.282 e. The van der Waals surface area contributed by atoms with Crippen LogP contribution in [0.25, 0.3) is 0 Å². The number of amides is 1. The number of piperidine rings is 1. The molecule has 0 unspecified atom stereocenters. The SMILES string of the molecule is O=C1Nc2ccccc2C12CCN(S(=O)(=O)N1CCOCC1)CC2. The van der Waals surface area contributed by atoms with Crippen molar-refractivity contribution in [2.45, 2.75) is 18.3 Å². The van der Waals surface area contributed by atoms with Gasteiger partial charge in [0, 0.05) is 31.9 Å². The van der Waals surface area contributed by atoms with Crippen LogP contribution in [-0.2, 0) is 25.2 Å². The first kappa shape index (κ1) is 16.0. The summed E-state index contributed by atoms with van der Waals surface area (Å²) < 4.78 is 33.8.